The summed E-state index contributed by atoms with van der Waals surface area (Å²) in [5, 5.41) is 2.90. The van der Waals surface area contributed by atoms with Crippen molar-refractivity contribution in [2.24, 2.45) is 5.73 Å². The van der Waals surface area contributed by atoms with Crippen molar-refractivity contribution in [3.8, 4) is 0 Å². The smallest absolute Gasteiger partial charge is 0.246 e. The van der Waals surface area contributed by atoms with Crippen molar-refractivity contribution in [1.29, 1.82) is 0 Å². The quantitative estimate of drug-likeness (QED) is 0.699. The van der Waals surface area contributed by atoms with Gasteiger partial charge in [0.1, 0.15) is 6.61 Å². The molecule has 0 radical (unpaired) electrons. The third-order valence-electron chi connectivity index (χ3n) is 2.83. The molecule has 1 aliphatic carbocycles. The number of amides is 1. The number of hydrogen-bond donors (Lipinski definition) is 2. The van der Waals surface area contributed by atoms with Gasteiger partial charge in [-0.05, 0) is 12.8 Å². The molecule has 86 valence electrons. The number of methoxy groups -OCH3 is 1. The second kappa shape index (κ2) is 5.42. The molecule has 15 heavy (non-hydrogen) atoms. The summed E-state index contributed by atoms with van der Waals surface area (Å²) >= 11 is 5.05. The van der Waals surface area contributed by atoms with Gasteiger partial charge in [-0.1, -0.05) is 31.5 Å². The SMILES string of the molecule is COCC(=O)NC1(C(N)=S)CCCCC1. The summed E-state index contributed by atoms with van der Waals surface area (Å²) in [7, 11) is 1.49. The third-order valence-corrected chi connectivity index (χ3v) is 3.22. The Morgan fingerprint density at radius 3 is 2.53 bits per heavy atom. The molecule has 1 aliphatic rings. The molecule has 0 heterocycles. The number of carbonyl (C=O) groups excluding carboxylic acids is 1. The van der Waals surface area contributed by atoms with E-state index in [-0.39, 0.29) is 12.5 Å². The van der Waals surface area contributed by atoms with Gasteiger partial charge in [0.05, 0.1) is 10.5 Å². The van der Waals surface area contributed by atoms with Crippen LogP contribution < -0.4 is 11.1 Å². The zero-order valence-corrected chi connectivity index (χ0v) is 9.86. The topological polar surface area (TPSA) is 64.3 Å². The van der Waals surface area contributed by atoms with Gasteiger partial charge in [-0.2, -0.15) is 0 Å². The Balaban J connectivity index is 2.64. The van der Waals surface area contributed by atoms with Crippen LogP contribution in [0.15, 0.2) is 0 Å². The van der Waals surface area contributed by atoms with E-state index in [0.29, 0.717) is 4.99 Å². The van der Waals surface area contributed by atoms with Gasteiger partial charge in [0.25, 0.3) is 0 Å². The molecule has 0 bridgehead atoms. The van der Waals surface area contributed by atoms with Gasteiger partial charge in [-0.25, -0.2) is 0 Å². The zero-order chi connectivity index (χ0) is 11.3. The van der Waals surface area contributed by atoms with Gasteiger partial charge in [0.2, 0.25) is 5.91 Å². The third kappa shape index (κ3) is 3.14. The lowest BCUT2D eigenvalue weighted by Gasteiger charge is -2.37. The number of ether oxygens (including phenoxy) is 1. The molecule has 0 aliphatic heterocycles. The first-order valence-corrected chi connectivity index (χ1v) is 5.61. The minimum atomic E-state index is -0.469. The van der Waals surface area contributed by atoms with E-state index in [1.54, 1.807) is 0 Å². The fourth-order valence-corrected chi connectivity index (χ4v) is 2.28. The van der Waals surface area contributed by atoms with Gasteiger partial charge in [-0.3, -0.25) is 4.79 Å². The van der Waals surface area contributed by atoms with Crippen LogP contribution in [-0.4, -0.2) is 30.2 Å². The van der Waals surface area contributed by atoms with Crippen molar-refractivity contribution in [2.75, 3.05) is 13.7 Å². The van der Waals surface area contributed by atoms with Gasteiger partial charge < -0.3 is 15.8 Å². The molecule has 0 saturated heterocycles. The van der Waals surface area contributed by atoms with Crippen LogP contribution in [0.3, 0.4) is 0 Å². The summed E-state index contributed by atoms with van der Waals surface area (Å²) in [6.07, 6.45) is 5.00. The highest BCUT2D eigenvalue weighted by Gasteiger charge is 2.36. The highest BCUT2D eigenvalue weighted by atomic mass is 32.1. The lowest BCUT2D eigenvalue weighted by Crippen LogP contribution is -2.58. The van der Waals surface area contributed by atoms with Crippen molar-refractivity contribution in [2.45, 2.75) is 37.6 Å². The summed E-state index contributed by atoms with van der Waals surface area (Å²) in [6.45, 7) is 0.0599. The van der Waals surface area contributed by atoms with E-state index in [9.17, 15) is 4.79 Å². The van der Waals surface area contributed by atoms with E-state index in [1.165, 1.54) is 13.5 Å². The first-order valence-electron chi connectivity index (χ1n) is 5.20. The van der Waals surface area contributed by atoms with Crippen LogP contribution in [0.4, 0.5) is 0 Å². The molecule has 1 amide bonds. The summed E-state index contributed by atoms with van der Waals surface area (Å²) in [5.41, 5.74) is 5.25. The minimum absolute atomic E-state index is 0.0599. The van der Waals surface area contributed by atoms with Crippen LogP contribution >= 0.6 is 12.2 Å². The van der Waals surface area contributed by atoms with E-state index in [1.807, 2.05) is 0 Å². The van der Waals surface area contributed by atoms with E-state index >= 15 is 0 Å². The van der Waals surface area contributed by atoms with Crippen molar-refractivity contribution < 1.29 is 9.53 Å². The molecule has 4 nitrogen and oxygen atoms in total. The predicted octanol–water partition coefficient (Wildman–Crippen LogP) is 0.738. The molecular weight excluding hydrogens is 212 g/mol. The van der Waals surface area contributed by atoms with Gasteiger partial charge in [0, 0.05) is 7.11 Å². The summed E-state index contributed by atoms with van der Waals surface area (Å²) in [6, 6.07) is 0. The number of thiocarbonyl (C=S) groups is 1. The van der Waals surface area contributed by atoms with E-state index in [0.717, 1.165) is 25.7 Å². The lowest BCUT2D eigenvalue weighted by molar-refractivity contribution is -0.126. The van der Waals surface area contributed by atoms with E-state index < -0.39 is 5.54 Å². The van der Waals surface area contributed by atoms with Crippen LogP contribution in [0.2, 0.25) is 0 Å². The number of nitrogens with one attached hydrogen (secondary N) is 1. The molecule has 0 spiro atoms. The van der Waals surface area contributed by atoms with Crippen LogP contribution in [0.5, 0.6) is 0 Å². The van der Waals surface area contributed by atoms with Crippen LogP contribution in [0.1, 0.15) is 32.1 Å². The highest BCUT2D eigenvalue weighted by Crippen LogP contribution is 2.28. The van der Waals surface area contributed by atoms with Crippen LogP contribution in [0.25, 0.3) is 0 Å². The molecule has 0 aromatic rings. The van der Waals surface area contributed by atoms with Crippen LogP contribution in [-0.2, 0) is 9.53 Å². The van der Waals surface area contributed by atoms with Crippen LogP contribution in [0, 0.1) is 0 Å². The van der Waals surface area contributed by atoms with Crippen molar-refractivity contribution in [3.05, 3.63) is 0 Å². The zero-order valence-electron chi connectivity index (χ0n) is 9.04. The highest BCUT2D eigenvalue weighted by molar-refractivity contribution is 7.80. The Hall–Kier alpha value is -0.680. The molecule has 5 heteroatoms. The van der Waals surface area contributed by atoms with Crippen molar-refractivity contribution in [1.82, 2.24) is 5.32 Å². The van der Waals surface area contributed by atoms with Gasteiger partial charge in [0.15, 0.2) is 0 Å². The maximum atomic E-state index is 11.5. The standard InChI is InChI=1S/C10H18N2O2S/c1-14-7-8(13)12-10(9(11)15)5-3-2-4-6-10/h2-7H2,1H3,(H2,11,15)(H,12,13). The number of hydrogen-bond acceptors (Lipinski definition) is 3. The maximum Gasteiger partial charge on any atom is 0.246 e. The molecule has 0 aromatic carbocycles. The van der Waals surface area contributed by atoms with E-state index in [2.05, 4.69) is 5.32 Å². The number of carbonyl (C=O) groups is 1. The Kier molecular flexibility index (Phi) is 4.47. The average molecular weight is 230 g/mol. The Morgan fingerprint density at radius 1 is 1.47 bits per heavy atom. The summed E-state index contributed by atoms with van der Waals surface area (Å²) in [5.74, 6) is -0.146. The Bertz CT molecular complexity index is 250. The summed E-state index contributed by atoms with van der Waals surface area (Å²) < 4.78 is 4.77. The largest absolute Gasteiger partial charge is 0.391 e. The Labute approximate surface area is 95.5 Å². The first kappa shape index (κ1) is 12.4. The molecule has 0 atom stereocenters. The molecule has 0 unspecified atom stereocenters. The van der Waals surface area contributed by atoms with Crippen molar-refractivity contribution >= 4 is 23.1 Å². The molecule has 1 saturated carbocycles. The predicted molar refractivity (Wildman–Crippen MR) is 62.6 cm³/mol. The van der Waals surface area contributed by atoms with Crippen molar-refractivity contribution in [3.63, 3.8) is 0 Å². The average Bonchev–Trinajstić information content (AvgIpc) is 2.19. The minimum Gasteiger partial charge on any atom is -0.391 e. The molecule has 1 rings (SSSR count). The number of rotatable bonds is 4. The summed E-state index contributed by atoms with van der Waals surface area (Å²) in [4.78, 5) is 11.9. The molecule has 1 fully saturated rings. The van der Waals surface area contributed by atoms with Gasteiger partial charge in [-0.15, -0.1) is 0 Å². The fraction of sp³-hybridized carbons (Fsp3) is 0.800. The first-order chi connectivity index (χ1) is 7.10. The molecule has 3 N–H and O–H groups in total. The second-order valence-electron chi connectivity index (χ2n) is 3.99. The Morgan fingerprint density at radius 2 is 2.07 bits per heavy atom. The lowest BCUT2D eigenvalue weighted by atomic mass is 9.81. The number of nitrogens with two attached hydrogens (primary N) is 1. The fourth-order valence-electron chi connectivity index (χ4n) is 2.02. The molecule has 0 aromatic heterocycles. The molecular formula is C10H18N2O2S. The normalized spacial score (nSPS) is 19.5. The van der Waals surface area contributed by atoms with E-state index in [4.69, 9.17) is 22.7 Å². The maximum absolute atomic E-state index is 11.5. The second-order valence-corrected chi connectivity index (χ2v) is 4.43. The monoisotopic (exact) mass is 230 g/mol. The van der Waals surface area contributed by atoms with Gasteiger partial charge >= 0.3 is 0 Å².